The van der Waals surface area contributed by atoms with Crippen LogP contribution in [0, 0.1) is 0 Å². The summed E-state index contributed by atoms with van der Waals surface area (Å²) < 4.78 is 28.3. The highest BCUT2D eigenvalue weighted by atomic mass is 79.9. The Hall–Kier alpha value is -2.39. The summed E-state index contributed by atoms with van der Waals surface area (Å²) in [6.07, 6.45) is 0. The van der Waals surface area contributed by atoms with Crippen molar-refractivity contribution in [3.05, 3.63) is 58.6 Å². The second-order valence-electron chi connectivity index (χ2n) is 5.61. The summed E-state index contributed by atoms with van der Waals surface area (Å²) in [6, 6.07) is 12.3. The maximum absolute atomic E-state index is 12.5. The summed E-state index contributed by atoms with van der Waals surface area (Å²) in [5, 5.41) is 2.46. The van der Waals surface area contributed by atoms with Gasteiger partial charge < -0.3 is 10.2 Å². The van der Waals surface area contributed by atoms with Crippen molar-refractivity contribution in [2.45, 2.75) is 4.90 Å². The van der Waals surface area contributed by atoms with Crippen molar-refractivity contribution in [3.8, 4) is 0 Å². The van der Waals surface area contributed by atoms with Gasteiger partial charge in [-0.2, -0.15) is 0 Å². The summed E-state index contributed by atoms with van der Waals surface area (Å²) >= 11 is 3.28. The first kappa shape index (κ1) is 19.9. The molecule has 138 valence electrons. The number of benzene rings is 2. The molecule has 0 unspecified atom stereocenters. The van der Waals surface area contributed by atoms with Crippen molar-refractivity contribution < 1.29 is 18.0 Å². The lowest BCUT2D eigenvalue weighted by Crippen LogP contribution is -2.36. The monoisotopic (exact) mass is 439 g/mol. The summed E-state index contributed by atoms with van der Waals surface area (Å²) in [5.74, 6) is -0.792. The van der Waals surface area contributed by atoms with Gasteiger partial charge in [0.25, 0.3) is 15.9 Å². The third-order valence-electron chi connectivity index (χ3n) is 3.40. The normalized spacial score (nSPS) is 10.9. The molecular formula is C17H18BrN3O4S. The van der Waals surface area contributed by atoms with Crippen LogP contribution in [0.5, 0.6) is 0 Å². The molecule has 2 amide bonds. The van der Waals surface area contributed by atoms with Gasteiger partial charge >= 0.3 is 0 Å². The number of amides is 2. The van der Waals surface area contributed by atoms with Crippen LogP contribution in [0.1, 0.15) is 10.4 Å². The minimum Gasteiger partial charge on any atom is -0.347 e. The van der Waals surface area contributed by atoms with Crippen LogP contribution in [0.15, 0.2) is 57.9 Å². The summed E-state index contributed by atoms with van der Waals surface area (Å²) in [6.45, 7) is -0.167. The van der Waals surface area contributed by atoms with Crippen LogP contribution in [0.4, 0.5) is 5.69 Å². The van der Waals surface area contributed by atoms with E-state index in [2.05, 4.69) is 26.0 Å². The Balaban J connectivity index is 2.15. The molecule has 0 spiro atoms. The van der Waals surface area contributed by atoms with E-state index in [1.165, 1.54) is 29.2 Å². The van der Waals surface area contributed by atoms with E-state index < -0.39 is 15.9 Å². The molecule has 0 bridgehead atoms. The van der Waals surface area contributed by atoms with Crippen molar-refractivity contribution in [3.63, 3.8) is 0 Å². The zero-order valence-corrected chi connectivity index (χ0v) is 16.6. The van der Waals surface area contributed by atoms with Gasteiger partial charge in [0.2, 0.25) is 5.91 Å². The quantitative estimate of drug-likeness (QED) is 0.719. The molecule has 0 heterocycles. The number of carbonyl (C=O) groups is 2. The Morgan fingerprint density at radius 3 is 2.35 bits per heavy atom. The molecule has 0 aliphatic rings. The topological polar surface area (TPSA) is 95.6 Å². The largest absolute Gasteiger partial charge is 0.347 e. The van der Waals surface area contributed by atoms with Crippen molar-refractivity contribution in [2.24, 2.45) is 0 Å². The molecule has 26 heavy (non-hydrogen) atoms. The Labute approximate surface area is 160 Å². The predicted molar refractivity (Wildman–Crippen MR) is 102 cm³/mol. The average molecular weight is 440 g/mol. The van der Waals surface area contributed by atoms with Gasteiger partial charge in [-0.05, 0) is 42.5 Å². The standard InChI is InChI=1S/C17H18BrN3O4S/c1-21(2)16(22)11-19-17(23)12-4-3-5-15(10-12)26(24,25)20-14-8-6-13(18)7-9-14/h3-10,20H,11H2,1-2H3,(H,19,23). The minimum atomic E-state index is -3.85. The minimum absolute atomic E-state index is 0.0491. The molecule has 9 heteroatoms. The van der Waals surface area contributed by atoms with Gasteiger partial charge in [-0.1, -0.05) is 22.0 Å². The van der Waals surface area contributed by atoms with Crippen molar-refractivity contribution in [1.29, 1.82) is 0 Å². The van der Waals surface area contributed by atoms with Crippen molar-refractivity contribution in [2.75, 3.05) is 25.4 Å². The highest BCUT2D eigenvalue weighted by Crippen LogP contribution is 2.19. The molecule has 0 fully saturated rings. The van der Waals surface area contributed by atoms with Crippen LogP contribution in [0.25, 0.3) is 0 Å². The van der Waals surface area contributed by atoms with Crippen LogP contribution in [-0.4, -0.2) is 45.8 Å². The number of rotatable bonds is 6. The second-order valence-corrected chi connectivity index (χ2v) is 8.21. The third-order valence-corrected chi connectivity index (χ3v) is 5.31. The lowest BCUT2D eigenvalue weighted by molar-refractivity contribution is -0.127. The van der Waals surface area contributed by atoms with Crippen LogP contribution in [0.2, 0.25) is 0 Å². The summed E-state index contributed by atoms with van der Waals surface area (Å²) in [5.41, 5.74) is 0.551. The highest BCUT2D eigenvalue weighted by Gasteiger charge is 2.17. The number of hydrogen-bond donors (Lipinski definition) is 2. The molecule has 0 saturated heterocycles. The van der Waals surface area contributed by atoms with Gasteiger partial charge in [0.1, 0.15) is 0 Å². The summed E-state index contributed by atoms with van der Waals surface area (Å²) in [4.78, 5) is 25.0. The van der Waals surface area contributed by atoms with Gasteiger partial charge in [0.05, 0.1) is 11.4 Å². The van der Waals surface area contributed by atoms with E-state index in [1.54, 1.807) is 38.4 Å². The van der Waals surface area contributed by atoms with Gasteiger partial charge in [-0.15, -0.1) is 0 Å². The van der Waals surface area contributed by atoms with Gasteiger partial charge in [-0.25, -0.2) is 8.42 Å². The second kappa shape index (κ2) is 8.33. The zero-order valence-electron chi connectivity index (χ0n) is 14.2. The first-order valence-corrected chi connectivity index (χ1v) is 9.83. The number of nitrogens with zero attached hydrogens (tertiary/aromatic N) is 1. The molecule has 7 nitrogen and oxygen atoms in total. The molecule has 0 aliphatic heterocycles. The van der Waals surface area contributed by atoms with Crippen LogP contribution in [-0.2, 0) is 14.8 Å². The zero-order chi connectivity index (χ0) is 19.3. The Kier molecular flexibility index (Phi) is 6.38. The number of halogens is 1. The molecule has 0 saturated carbocycles. The Morgan fingerprint density at radius 1 is 1.08 bits per heavy atom. The van der Waals surface area contributed by atoms with E-state index in [0.29, 0.717) is 5.69 Å². The highest BCUT2D eigenvalue weighted by molar-refractivity contribution is 9.10. The lowest BCUT2D eigenvalue weighted by atomic mass is 10.2. The molecule has 0 aromatic heterocycles. The fourth-order valence-corrected chi connectivity index (χ4v) is 3.32. The molecule has 2 aromatic carbocycles. The fourth-order valence-electron chi connectivity index (χ4n) is 1.95. The number of likely N-dealkylation sites (N-methyl/N-ethyl adjacent to an activating group) is 1. The van der Waals surface area contributed by atoms with Crippen LogP contribution in [0.3, 0.4) is 0 Å². The van der Waals surface area contributed by atoms with E-state index in [-0.39, 0.29) is 22.9 Å². The van der Waals surface area contributed by atoms with E-state index in [4.69, 9.17) is 0 Å². The number of sulfonamides is 1. The Bertz CT molecular complexity index is 912. The van der Waals surface area contributed by atoms with Gasteiger partial charge in [0.15, 0.2) is 0 Å². The van der Waals surface area contributed by atoms with Crippen LogP contribution >= 0.6 is 15.9 Å². The number of hydrogen-bond acceptors (Lipinski definition) is 4. The van der Waals surface area contributed by atoms with E-state index in [1.807, 2.05) is 0 Å². The fraction of sp³-hybridized carbons (Fsp3) is 0.176. The first-order valence-electron chi connectivity index (χ1n) is 7.56. The number of nitrogens with one attached hydrogen (secondary N) is 2. The molecule has 2 rings (SSSR count). The van der Waals surface area contributed by atoms with E-state index in [9.17, 15) is 18.0 Å². The Morgan fingerprint density at radius 2 is 1.73 bits per heavy atom. The average Bonchev–Trinajstić information content (AvgIpc) is 2.61. The lowest BCUT2D eigenvalue weighted by Gasteiger charge is -2.12. The molecule has 2 N–H and O–H groups in total. The third kappa shape index (κ3) is 5.30. The van der Waals surface area contributed by atoms with E-state index in [0.717, 1.165) is 4.47 Å². The smallest absolute Gasteiger partial charge is 0.261 e. The molecule has 2 aromatic rings. The maximum Gasteiger partial charge on any atom is 0.261 e. The number of carbonyl (C=O) groups excluding carboxylic acids is 2. The van der Waals surface area contributed by atoms with E-state index >= 15 is 0 Å². The molecule has 0 aliphatic carbocycles. The SMILES string of the molecule is CN(C)C(=O)CNC(=O)c1cccc(S(=O)(=O)Nc2ccc(Br)cc2)c1. The van der Waals surface area contributed by atoms with Gasteiger partial charge in [0, 0.05) is 29.8 Å². The van der Waals surface area contributed by atoms with Crippen LogP contribution < -0.4 is 10.0 Å². The van der Waals surface area contributed by atoms with Crippen molar-refractivity contribution in [1.82, 2.24) is 10.2 Å². The maximum atomic E-state index is 12.5. The molecular weight excluding hydrogens is 422 g/mol. The van der Waals surface area contributed by atoms with Gasteiger partial charge in [-0.3, -0.25) is 14.3 Å². The molecule has 0 atom stereocenters. The predicted octanol–water partition coefficient (Wildman–Crippen LogP) is 2.07. The first-order chi connectivity index (χ1) is 12.2. The number of anilines is 1. The summed E-state index contributed by atoms with van der Waals surface area (Å²) in [7, 11) is -0.690. The molecule has 0 radical (unpaired) electrons. The van der Waals surface area contributed by atoms with Crippen molar-refractivity contribution >= 4 is 43.5 Å².